The Balaban J connectivity index is 2.03. The molecule has 2 rings (SSSR count). The fourth-order valence-electron chi connectivity index (χ4n) is 2.01. The summed E-state index contributed by atoms with van der Waals surface area (Å²) in [7, 11) is 1.68. The minimum atomic E-state index is -0.511. The molecule has 1 aromatic heterocycles. The number of rotatable bonds is 3. The Morgan fingerprint density at radius 2 is 2.14 bits per heavy atom. The van der Waals surface area contributed by atoms with Crippen molar-refractivity contribution < 1.29 is 14.6 Å². The predicted octanol–water partition coefficient (Wildman–Crippen LogP) is 2.68. The Morgan fingerprint density at radius 1 is 1.43 bits per heavy atom. The highest BCUT2D eigenvalue weighted by Gasteiger charge is 2.20. The Bertz CT molecular complexity index is 643. The molecule has 0 atom stereocenters. The average Bonchev–Trinajstić information content (AvgIpc) is 2.78. The molecule has 6 heteroatoms. The van der Waals surface area contributed by atoms with E-state index in [-0.39, 0.29) is 11.8 Å². The molecule has 1 aromatic carbocycles. The molecule has 114 valence electrons. The third kappa shape index (κ3) is 3.65. The normalized spacial score (nSPS) is 11.6. The molecule has 0 saturated carbocycles. The number of fused-ring (bicyclic) bond motifs is 1. The molecule has 2 aromatic rings. The predicted molar refractivity (Wildman–Crippen MR) is 80.3 cm³/mol. The zero-order valence-corrected chi connectivity index (χ0v) is 12.8. The van der Waals surface area contributed by atoms with Crippen molar-refractivity contribution in [1.29, 1.82) is 0 Å². The number of nitrogens with zero attached hydrogens (tertiary/aromatic N) is 2. The topological polar surface area (TPSA) is 78.5 Å². The van der Waals surface area contributed by atoms with Crippen LogP contribution in [0.5, 0.6) is 5.75 Å². The van der Waals surface area contributed by atoms with Crippen LogP contribution >= 0.6 is 0 Å². The molecule has 0 aliphatic rings. The lowest BCUT2D eigenvalue weighted by Gasteiger charge is -2.24. The number of aromatic nitrogens is 2. The molecule has 0 spiro atoms. The zero-order chi connectivity index (χ0) is 15.6. The van der Waals surface area contributed by atoms with Crippen LogP contribution in [0.1, 0.15) is 26.5 Å². The standard InChI is InChI=1S/C15H21N3O3/c1-15(2,3)21-14(20)18(4)9-8-11-13-10(16-17-11)6-5-7-12(13)19/h5-7,19H,8-9H2,1-4H3,(H,16,17). The molecule has 0 aliphatic carbocycles. The van der Waals surface area contributed by atoms with E-state index < -0.39 is 5.60 Å². The van der Waals surface area contributed by atoms with Gasteiger partial charge in [-0.2, -0.15) is 5.10 Å². The van der Waals surface area contributed by atoms with Gasteiger partial charge in [0.1, 0.15) is 11.4 Å². The van der Waals surface area contributed by atoms with Gasteiger partial charge in [-0.15, -0.1) is 0 Å². The van der Waals surface area contributed by atoms with E-state index in [0.29, 0.717) is 18.4 Å². The quantitative estimate of drug-likeness (QED) is 0.911. The first-order valence-corrected chi connectivity index (χ1v) is 6.87. The Kier molecular flexibility index (Phi) is 4.06. The third-order valence-corrected chi connectivity index (χ3v) is 3.03. The van der Waals surface area contributed by atoms with E-state index in [9.17, 15) is 9.90 Å². The van der Waals surface area contributed by atoms with Crippen LogP contribution in [-0.4, -0.2) is 45.5 Å². The maximum atomic E-state index is 11.9. The molecular weight excluding hydrogens is 270 g/mol. The van der Waals surface area contributed by atoms with E-state index >= 15 is 0 Å². The lowest BCUT2D eigenvalue weighted by atomic mass is 10.1. The number of ether oxygens (including phenoxy) is 1. The number of aromatic hydroxyl groups is 1. The van der Waals surface area contributed by atoms with Crippen LogP contribution in [0.25, 0.3) is 10.9 Å². The Morgan fingerprint density at radius 3 is 2.81 bits per heavy atom. The number of carbonyl (C=O) groups is 1. The summed E-state index contributed by atoms with van der Waals surface area (Å²) in [4.78, 5) is 13.4. The lowest BCUT2D eigenvalue weighted by molar-refractivity contribution is 0.0300. The number of likely N-dealkylation sites (N-methyl/N-ethyl adjacent to an activating group) is 1. The summed E-state index contributed by atoms with van der Waals surface area (Å²) in [6, 6.07) is 5.23. The number of amides is 1. The van der Waals surface area contributed by atoms with E-state index in [2.05, 4.69) is 10.2 Å². The average molecular weight is 291 g/mol. The molecule has 0 bridgehead atoms. The van der Waals surface area contributed by atoms with Crippen molar-refractivity contribution in [1.82, 2.24) is 15.1 Å². The number of hydrogen-bond donors (Lipinski definition) is 2. The van der Waals surface area contributed by atoms with Gasteiger partial charge in [-0.1, -0.05) is 6.07 Å². The van der Waals surface area contributed by atoms with Crippen LogP contribution in [0.4, 0.5) is 4.79 Å². The van der Waals surface area contributed by atoms with Crippen LogP contribution in [0.15, 0.2) is 18.2 Å². The van der Waals surface area contributed by atoms with Crippen molar-refractivity contribution in [3.05, 3.63) is 23.9 Å². The number of H-pyrrole nitrogens is 1. The second kappa shape index (κ2) is 5.63. The number of aromatic amines is 1. The maximum absolute atomic E-state index is 11.9. The van der Waals surface area contributed by atoms with E-state index in [1.54, 1.807) is 19.2 Å². The van der Waals surface area contributed by atoms with Crippen molar-refractivity contribution in [2.24, 2.45) is 0 Å². The van der Waals surface area contributed by atoms with E-state index in [1.165, 1.54) is 4.90 Å². The molecule has 0 aliphatic heterocycles. The number of nitrogens with one attached hydrogen (secondary N) is 1. The van der Waals surface area contributed by atoms with Gasteiger partial charge in [0.05, 0.1) is 16.6 Å². The van der Waals surface area contributed by atoms with Crippen molar-refractivity contribution in [2.75, 3.05) is 13.6 Å². The highest BCUT2D eigenvalue weighted by atomic mass is 16.6. The fraction of sp³-hybridized carbons (Fsp3) is 0.467. The molecule has 0 saturated heterocycles. The monoisotopic (exact) mass is 291 g/mol. The van der Waals surface area contributed by atoms with Gasteiger partial charge in [-0.3, -0.25) is 5.10 Å². The summed E-state index contributed by atoms with van der Waals surface area (Å²) < 4.78 is 5.29. The molecular formula is C15H21N3O3. The summed E-state index contributed by atoms with van der Waals surface area (Å²) in [5.41, 5.74) is 1.01. The van der Waals surface area contributed by atoms with Crippen molar-refractivity contribution >= 4 is 17.0 Å². The molecule has 21 heavy (non-hydrogen) atoms. The Labute approximate surface area is 123 Å². The van der Waals surface area contributed by atoms with Gasteiger partial charge in [-0.05, 0) is 32.9 Å². The van der Waals surface area contributed by atoms with Crippen molar-refractivity contribution in [3.63, 3.8) is 0 Å². The fourth-order valence-corrected chi connectivity index (χ4v) is 2.01. The summed E-state index contributed by atoms with van der Waals surface area (Å²) in [5, 5.41) is 17.7. The molecule has 0 fully saturated rings. The molecule has 0 unspecified atom stereocenters. The van der Waals surface area contributed by atoms with Gasteiger partial charge in [0.25, 0.3) is 0 Å². The lowest BCUT2D eigenvalue weighted by Crippen LogP contribution is -2.35. The second-order valence-corrected chi connectivity index (χ2v) is 6.02. The summed E-state index contributed by atoms with van der Waals surface area (Å²) in [6.07, 6.45) is 0.166. The summed E-state index contributed by atoms with van der Waals surface area (Å²) >= 11 is 0. The maximum Gasteiger partial charge on any atom is 0.410 e. The highest BCUT2D eigenvalue weighted by molar-refractivity contribution is 5.87. The number of benzene rings is 1. The SMILES string of the molecule is CN(CCc1n[nH]c2cccc(O)c12)C(=O)OC(C)(C)C. The smallest absolute Gasteiger partial charge is 0.410 e. The number of phenols is 1. The molecule has 0 radical (unpaired) electrons. The van der Waals surface area contributed by atoms with Crippen molar-refractivity contribution in [3.8, 4) is 5.75 Å². The van der Waals surface area contributed by atoms with Gasteiger partial charge in [0, 0.05) is 20.0 Å². The summed E-state index contributed by atoms with van der Waals surface area (Å²) in [6.45, 7) is 5.96. The van der Waals surface area contributed by atoms with Gasteiger partial charge < -0.3 is 14.7 Å². The van der Waals surface area contributed by atoms with Crippen LogP contribution in [-0.2, 0) is 11.2 Å². The van der Waals surface area contributed by atoms with Crippen molar-refractivity contribution in [2.45, 2.75) is 32.8 Å². The van der Waals surface area contributed by atoms with Gasteiger partial charge in [0.2, 0.25) is 0 Å². The highest BCUT2D eigenvalue weighted by Crippen LogP contribution is 2.26. The van der Waals surface area contributed by atoms with Gasteiger partial charge >= 0.3 is 6.09 Å². The van der Waals surface area contributed by atoms with Crippen LogP contribution < -0.4 is 0 Å². The first-order valence-electron chi connectivity index (χ1n) is 6.87. The molecule has 1 heterocycles. The third-order valence-electron chi connectivity index (χ3n) is 3.03. The first-order chi connectivity index (χ1) is 9.78. The van der Waals surface area contributed by atoms with Crippen LogP contribution in [0, 0.1) is 0 Å². The minimum Gasteiger partial charge on any atom is -0.507 e. The molecule has 2 N–H and O–H groups in total. The largest absolute Gasteiger partial charge is 0.507 e. The van der Waals surface area contributed by atoms with E-state index in [1.807, 2.05) is 26.8 Å². The minimum absolute atomic E-state index is 0.191. The number of phenolic OH excluding ortho intramolecular Hbond substituents is 1. The van der Waals surface area contributed by atoms with Crippen LogP contribution in [0.3, 0.4) is 0 Å². The van der Waals surface area contributed by atoms with Crippen LogP contribution in [0.2, 0.25) is 0 Å². The molecule has 6 nitrogen and oxygen atoms in total. The zero-order valence-electron chi connectivity index (χ0n) is 12.8. The van der Waals surface area contributed by atoms with Gasteiger partial charge in [0.15, 0.2) is 0 Å². The Hall–Kier alpha value is -2.24. The summed E-state index contributed by atoms with van der Waals surface area (Å²) in [5.74, 6) is 0.191. The molecule has 1 amide bonds. The van der Waals surface area contributed by atoms with Gasteiger partial charge in [-0.25, -0.2) is 4.79 Å². The number of hydrogen-bond acceptors (Lipinski definition) is 4. The first kappa shape index (κ1) is 15.2. The van der Waals surface area contributed by atoms with E-state index in [0.717, 1.165) is 11.2 Å². The number of carbonyl (C=O) groups excluding carboxylic acids is 1. The second-order valence-electron chi connectivity index (χ2n) is 6.02. The van der Waals surface area contributed by atoms with E-state index in [4.69, 9.17) is 4.74 Å².